The molecule has 0 saturated carbocycles. The van der Waals surface area contributed by atoms with Crippen LogP contribution in [-0.4, -0.2) is 16.1 Å². The molecule has 2 aromatic rings. The van der Waals surface area contributed by atoms with E-state index in [0.29, 0.717) is 16.8 Å². The largest absolute Gasteiger partial charge is 0.481 e. The Labute approximate surface area is 97.6 Å². The fraction of sp³-hybridized carbons (Fsp3) is 0.0769. The van der Waals surface area contributed by atoms with E-state index in [1.54, 1.807) is 30.3 Å². The lowest BCUT2D eigenvalue weighted by Crippen LogP contribution is -2.01. The van der Waals surface area contributed by atoms with E-state index in [-0.39, 0.29) is 12.2 Å². The predicted molar refractivity (Wildman–Crippen MR) is 61.0 cm³/mol. The number of carboxylic acids is 1. The molecular formula is C13H10FNO2. The molecule has 86 valence electrons. The molecule has 0 atom stereocenters. The summed E-state index contributed by atoms with van der Waals surface area (Å²) in [6.45, 7) is 0. The summed E-state index contributed by atoms with van der Waals surface area (Å²) in [5.41, 5.74) is 1.55. The Bertz CT molecular complexity index is 537. The highest BCUT2D eigenvalue weighted by Gasteiger charge is 2.06. The van der Waals surface area contributed by atoms with Crippen molar-refractivity contribution in [2.45, 2.75) is 6.42 Å². The van der Waals surface area contributed by atoms with Crippen LogP contribution in [0.2, 0.25) is 0 Å². The van der Waals surface area contributed by atoms with Gasteiger partial charge in [-0.15, -0.1) is 0 Å². The van der Waals surface area contributed by atoms with E-state index in [9.17, 15) is 9.18 Å². The minimum atomic E-state index is -0.934. The van der Waals surface area contributed by atoms with Crippen molar-refractivity contribution in [1.29, 1.82) is 0 Å². The molecule has 1 heterocycles. The van der Waals surface area contributed by atoms with Gasteiger partial charge >= 0.3 is 5.97 Å². The van der Waals surface area contributed by atoms with Crippen LogP contribution in [0.5, 0.6) is 0 Å². The van der Waals surface area contributed by atoms with Gasteiger partial charge in [0.15, 0.2) is 0 Å². The molecule has 0 fully saturated rings. The Morgan fingerprint density at radius 3 is 2.59 bits per heavy atom. The Morgan fingerprint density at radius 1 is 1.24 bits per heavy atom. The molecule has 0 aliphatic carbocycles. The van der Waals surface area contributed by atoms with E-state index >= 15 is 0 Å². The van der Waals surface area contributed by atoms with Gasteiger partial charge in [-0.2, -0.15) is 0 Å². The summed E-state index contributed by atoms with van der Waals surface area (Å²) in [6.07, 6.45) is 1.36. The average Bonchev–Trinajstić information content (AvgIpc) is 2.30. The molecule has 0 spiro atoms. The van der Waals surface area contributed by atoms with Crippen molar-refractivity contribution >= 4 is 5.97 Å². The van der Waals surface area contributed by atoms with Gasteiger partial charge in [-0.3, -0.25) is 9.78 Å². The Kier molecular flexibility index (Phi) is 3.14. The van der Waals surface area contributed by atoms with E-state index in [1.807, 2.05) is 0 Å². The monoisotopic (exact) mass is 231 g/mol. The summed E-state index contributed by atoms with van der Waals surface area (Å²) < 4.78 is 13.5. The molecule has 0 aliphatic rings. The molecule has 1 aromatic heterocycles. The third-order valence-corrected chi connectivity index (χ3v) is 2.34. The van der Waals surface area contributed by atoms with E-state index in [2.05, 4.69) is 4.98 Å². The van der Waals surface area contributed by atoms with Gasteiger partial charge in [0.2, 0.25) is 0 Å². The van der Waals surface area contributed by atoms with Crippen molar-refractivity contribution < 1.29 is 14.3 Å². The van der Waals surface area contributed by atoms with Crippen LogP contribution in [-0.2, 0) is 11.2 Å². The molecule has 1 aromatic carbocycles. The number of hydrogen-bond donors (Lipinski definition) is 1. The van der Waals surface area contributed by atoms with Gasteiger partial charge in [0.05, 0.1) is 12.1 Å². The number of carbonyl (C=O) groups is 1. The fourth-order valence-corrected chi connectivity index (χ4v) is 1.54. The second-order valence-corrected chi connectivity index (χ2v) is 3.59. The van der Waals surface area contributed by atoms with Crippen LogP contribution in [0.1, 0.15) is 5.69 Å². The first-order chi connectivity index (χ1) is 8.16. The molecule has 0 unspecified atom stereocenters. The van der Waals surface area contributed by atoms with Crippen LogP contribution in [0.25, 0.3) is 11.1 Å². The van der Waals surface area contributed by atoms with Crippen LogP contribution in [0.15, 0.2) is 42.6 Å². The van der Waals surface area contributed by atoms with Crippen molar-refractivity contribution in [3.63, 3.8) is 0 Å². The van der Waals surface area contributed by atoms with Gasteiger partial charge in [0.25, 0.3) is 0 Å². The first-order valence-corrected chi connectivity index (χ1v) is 5.08. The van der Waals surface area contributed by atoms with E-state index < -0.39 is 5.97 Å². The van der Waals surface area contributed by atoms with Gasteiger partial charge in [0, 0.05) is 17.3 Å². The van der Waals surface area contributed by atoms with Gasteiger partial charge in [-0.25, -0.2) is 4.39 Å². The zero-order valence-corrected chi connectivity index (χ0v) is 8.93. The molecule has 17 heavy (non-hydrogen) atoms. The summed E-state index contributed by atoms with van der Waals surface area (Å²) in [6, 6.07) is 9.65. The number of pyridine rings is 1. The SMILES string of the molecule is O=C(O)Cc1ccc(-c2ccccc2F)cn1. The standard InChI is InChI=1S/C13H10FNO2/c14-12-4-2-1-3-11(12)9-5-6-10(15-8-9)7-13(16)17/h1-6,8H,7H2,(H,16,17). The van der Waals surface area contributed by atoms with Crippen molar-refractivity contribution in [2.75, 3.05) is 0 Å². The van der Waals surface area contributed by atoms with E-state index in [1.165, 1.54) is 12.3 Å². The molecule has 4 heteroatoms. The number of carboxylic acid groups (broad SMARTS) is 1. The molecule has 0 bridgehead atoms. The molecule has 1 N–H and O–H groups in total. The lowest BCUT2D eigenvalue weighted by Gasteiger charge is -2.03. The quantitative estimate of drug-likeness (QED) is 0.883. The van der Waals surface area contributed by atoms with Crippen LogP contribution in [0.4, 0.5) is 4.39 Å². The maximum Gasteiger partial charge on any atom is 0.309 e. The zero-order chi connectivity index (χ0) is 12.3. The van der Waals surface area contributed by atoms with Gasteiger partial charge in [-0.05, 0) is 12.1 Å². The summed E-state index contributed by atoms with van der Waals surface area (Å²) >= 11 is 0. The van der Waals surface area contributed by atoms with E-state index in [0.717, 1.165) is 0 Å². The summed E-state index contributed by atoms with van der Waals surface area (Å²) in [5, 5.41) is 8.60. The minimum absolute atomic E-state index is 0.127. The normalized spacial score (nSPS) is 10.2. The summed E-state index contributed by atoms with van der Waals surface area (Å²) in [7, 11) is 0. The first-order valence-electron chi connectivity index (χ1n) is 5.08. The number of rotatable bonds is 3. The lowest BCUT2D eigenvalue weighted by atomic mass is 10.1. The Hall–Kier alpha value is -2.23. The smallest absolute Gasteiger partial charge is 0.309 e. The minimum Gasteiger partial charge on any atom is -0.481 e. The van der Waals surface area contributed by atoms with Crippen LogP contribution >= 0.6 is 0 Å². The van der Waals surface area contributed by atoms with Crippen molar-refractivity contribution in [2.24, 2.45) is 0 Å². The van der Waals surface area contributed by atoms with Crippen molar-refractivity contribution in [1.82, 2.24) is 4.98 Å². The second kappa shape index (κ2) is 4.74. The van der Waals surface area contributed by atoms with E-state index in [4.69, 9.17) is 5.11 Å². The first kappa shape index (κ1) is 11.3. The van der Waals surface area contributed by atoms with Crippen LogP contribution in [0, 0.1) is 5.82 Å². The van der Waals surface area contributed by atoms with Crippen molar-refractivity contribution in [3.05, 3.63) is 54.1 Å². The molecular weight excluding hydrogens is 221 g/mol. The molecule has 2 rings (SSSR count). The highest BCUT2D eigenvalue weighted by atomic mass is 19.1. The molecule has 0 aliphatic heterocycles. The number of nitrogens with zero attached hydrogens (tertiary/aromatic N) is 1. The summed E-state index contributed by atoms with van der Waals surface area (Å²) in [4.78, 5) is 14.5. The highest BCUT2D eigenvalue weighted by Crippen LogP contribution is 2.21. The Balaban J connectivity index is 2.30. The zero-order valence-electron chi connectivity index (χ0n) is 8.93. The molecule has 3 nitrogen and oxygen atoms in total. The third kappa shape index (κ3) is 2.66. The molecule has 0 radical (unpaired) electrons. The predicted octanol–water partition coefficient (Wildman–Crippen LogP) is 2.51. The number of aromatic nitrogens is 1. The third-order valence-electron chi connectivity index (χ3n) is 2.34. The second-order valence-electron chi connectivity index (χ2n) is 3.59. The maximum atomic E-state index is 13.5. The average molecular weight is 231 g/mol. The highest BCUT2D eigenvalue weighted by molar-refractivity contribution is 5.70. The van der Waals surface area contributed by atoms with Crippen LogP contribution in [0.3, 0.4) is 0 Å². The van der Waals surface area contributed by atoms with Gasteiger partial charge < -0.3 is 5.11 Å². The van der Waals surface area contributed by atoms with Gasteiger partial charge in [-0.1, -0.05) is 24.3 Å². The number of benzene rings is 1. The number of hydrogen-bond acceptors (Lipinski definition) is 2. The maximum absolute atomic E-state index is 13.5. The fourth-order valence-electron chi connectivity index (χ4n) is 1.54. The number of halogens is 1. The lowest BCUT2D eigenvalue weighted by molar-refractivity contribution is -0.136. The Morgan fingerprint density at radius 2 is 2.00 bits per heavy atom. The topological polar surface area (TPSA) is 50.2 Å². The molecule has 0 saturated heterocycles. The van der Waals surface area contributed by atoms with Crippen LogP contribution < -0.4 is 0 Å². The number of aliphatic carboxylic acids is 1. The summed E-state index contributed by atoms with van der Waals surface area (Å²) in [5.74, 6) is -1.25. The van der Waals surface area contributed by atoms with Crippen molar-refractivity contribution in [3.8, 4) is 11.1 Å². The molecule has 0 amide bonds. The van der Waals surface area contributed by atoms with Gasteiger partial charge in [0.1, 0.15) is 5.82 Å².